The minimum absolute atomic E-state index is 0.0312. The van der Waals surface area contributed by atoms with Crippen molar-refractivity contribution in [1.82, 2.24) is 0 Å². The Kier molecular flexibility index (Phi) is 4.04. The molecule has 1 aliphatic rings. The molecule has 0 fully saturated rings. The van der Waals surface area contributed by atoms with Gasteiger partial charge in [-0.2, -0.15) is 5.26 Å². The van der Waals surface area contributed by atoms with E-state index in [1.165, 1.54) is 7.11 Å². The highest BCUT2D eigenvalue weighted by molar-refractivity contribution is 5.90. The van der Waals surface area contributed by atoms with Gasteiger partial charge in [0.15, 0.2) is 0 Å². The van der Waals surface area contributed by atoms with Crippen LogP contribution in [0.3, 0.4) is 0 Å². The van der Waals surface area contributed by atoms with Crippen molar-refractivity contribution in [3.63, 3.8) is 0 Å². The maximum atomic E-state index is 12.0. The highest BCUT2D eigenvalue weighted by Gasteiger charge is 2.50. The minimum Gasteiger partial charge on any atom is -0.512 e. The molecule has 2 rings (SSSR count). The molecule has 1 N–H and O–H groups in total. The molecule has 0 bridgehead atoms. The Morgan fingerprint density at radius 3 is 2.52 bits per heavy atom. The van der Waals surface area contributed by atoms with Crippen molar-refractivity contribution in [3.8, 4) is 6.07 Å². The SMILES string of the molecule is COC(=O)C1=C(O)C[C@@H](C)[C@](C#N)(c2ccccc2)[C@@H]1C. The number of hydrogen-bond acceptors (Lipinski definition) is 4. The van der Waals surface area contributed by atoms with Gasteiger partial charge in [-0.05, 0) is 11.5 Å². The molecular formula is C17H19NO3. The standard InChI is InChI=1S/C17H19NO3/c1-11-9-14(19)15(16(20)21-3)12(2)17(11,10-18)13-7-5-4-6-8-13/h4-8,11-12,19H,9H2,1-3H3/t11-,12-,17+/m1/s1. The molecule has 0 saturated carbocycles. The van der Waals surface area contributed by atoms with Gasteiger partial charge in [-0.15, -0.1) is 0 Å². The summed E-state index contributed by atoms with van der Waals surface area (Å²) in [6.45, 7) is 3.73. The third-order valence-corrected chi connectivity index (χ3v) is 4.55. The lowest BCUT2D eigenvalue weighted by molar-refractivity contribution is -0.137. The number of nitrogens with zero attached hydrogens (tertiary/aromatic N) is 1. The predicted octanol–water partition coefficient (Wildman–Crippen LogP) is 3.11. The van der Waals surface area contributed by atoms with Gasteiger partial charge in [-0.1, -0.05) is 44.2 Å². The maximum absolute atomic E-state index is 12.0. The molecule has 0 aliphatic heterocycles. The van der Waals surface area contributed by atoms with Crippen LogP contribution in [0, 0.1) is 23.2 Å². The third kappa shape index (κ3) is 2.19. The second-order valence-electron chi connectivity index (χ2n) is 5.53. The van der Waals surface area contributed by atoms with E-state index in [-0.39, 0.29) is 23.7 Å². The monoisotopic (exact) mass is 285 g/mol. The predicted molar refractivity (Wildman–Crippen MR) is 78.3 cm³/mol. The van der Waals surface area contributed by atoms with E-state index in [1.54, 1.807) is 6.92 Å². The number of esters is 1. The summed E-state index contributed by atoms with van der Waals surface area (Å²) < 4.78 is 4.77. The third-order valence-electron chi connectivity index (χ3n) is 4.55. The molecule has 4 heteroatoms. The highest BCUT2D eigenvalue weighted by atomic mass is 16.5. The summed E-state index contributed by atoms with van der Waals surface area (Å²) in [5.74, 6) is -1.08. The van der Waals surface area contributed by atoms with Gasteiger partial charge in [-0.3, -0.25) is 0 Å². The molecule has 0 aromatic heterocycles. The first-order valence-corrected chi connectivity index (χ1v) is 6.96. The van der Waals surface area contributed by atoms with Gasteiger partial charge in [0.25, 0.3) is 0 Å². The first-order valence-electron chi connectivity index (χ1n) is 6.96. The van der Waals surface area contributed by atoms with Gasteiger partial charge in [-0.25, -0.2) is 4.79 Å². The number of carbonyl (C=O) groups is 1. The number of aliphatic hydroxyl groups is 1. The number of carbonyl (C=O) groups excluding carboxylic acids is 1. The summed E-state index contributed by atoms with van der Waals surface area (Å²) in [7, 11) is 1.28. The summed E-state index contributed by atoms with van der Waals surface area (Å²) in [6.07, 6.45) is 0.289. The van der Waals surface area contributed by atoms with E-state index in [0.717, 1.165) is 5.56 Å². The Bertz CT molecular complexity index is 615. The molecule has 0 amide bonds. The van der Waals surface area contributed by atoms with Gasteiger partial charge in [0.05, 0.1) is 24.2 Å². The quantitative estimate of drug-likeness (QED) is 0.848. The number of aliphatic hydroxyl groups excluding tert-OH is 1. The second kappa shape index (κ2) is 5.61. The Morgan fingerprint density at radius 1 is 1.38 bits per heavy atom. The van der Waals surface area contributed by atoms with Crippen LogP contribution in [-0.4, -0.2) is 18.2 Å². The van der Waals surface area contributed by atoms with Crippen LogP contribution in [0.5, 0.6) is 0 Å². The zero-order chi connectivity index (χ0) is 15.6. The van der Waals surface area contributed by atoms with E-state index >= 15 is 0 Å². The van der Waals surface area contributed by atoms with Crippen LogP contribution >= 0.6 is 0 Å². The molecule has 1 aromatic carbocycles. The van der Waals surface area contributed by atoms with Gasteiger partial charge < -0.3 is 9.84 Å². The number of methoxy groups -OCH3 is 1. The molecule has 110 valence electrons. The Balaban J connectivity index is 2.63. The smallest absolute Gasteiger partial charge is 0.337 e. The van der Waals surface area contributed by atoms with Gasteiger partial charge in [0.1, 0.15) is 5.76 Å². The zero-order valence-electron chi connectivity index (χ0n) is 12.5. The summed E-state index contributed by atoms with van der Waals surface area (Å²) >= 11 is 0. The van der Waals surface area contributed by atoms with Crippen LogP contribution in [0.25, 0.3) is 0 Å². The number of benzene rings is 1. The Labute approximate surface area is 124 Å². The second-order valence-corrected chi connectivity index (χ2v) is 5.53. The topological polar surface area (TPSA) is 70.3 Å². The largest absolute Gasteiger partial charge is 0.512 e. The van der Waals surface area contributed by atoms with Crippen molar-refractivity contribution in [2.45, 2.75) is 25.7 Å². The van der Waals surface area contributed by atoms with E-state index in [1.807, 2.05) is 37.3 Å². The summed E-state index contributed by atoms with van der Waals surface area (Å²) in [6, 6.07) is 11.9. The van der Waals surface area contributed by atoms with Crippen molar-refractivity contribution in [2.24, 2.45) is 11.8 Å². The van der Waals surface area contributed by atoms with Crippen LogP contribution in [0.2, 0.25) is 0 Å². The van der Waals surface area contributed by atoms with Crippen molar-refractivity contribution < 1.29 is 14.6 Å². The molecule has 1 aliphatic carbocycles. The van der Waals surface area contributed by atoms with Crippen LogP contribution in [0.4, 0.5) is 0 Å². The summed E-state index contributed by atoms with van der Waals surface area (Å²) in [5.41, 5.74) is 0.221. The van der Waals surface area contributed by atoms with Crippen molar-refractivity contribution >= 4 is 5.97 Å². The fourth-order valence-corrected chi connectivity index (χ4v) is 3.39. The number of ether oxygens (including phenoxy) is 1. The molecule has 1 aromatic rings. The van der Waals surface area contributed by atoms with E-state index in [4.69, 9.17) is 4.74 Å². The van der Waals surface area contributed by atoms with Crippen LogP contribution in [-0.2, 0) is 14.9 Å². The van der Waals surface area contributed by atoms with E-state index in [2.05, 4.69) is 6.07 Å². The normalized spacial score (nSPS) is 28.9. The maximum Gasteiger partial charge on any atom is 0.337 e. The molecule has 0 spiro atoms. The lowest BCUT2D eigenvalue weighted by Gasteiger charge is -2.42. The van der Waals surface area contributed by atoms with Crippen molar-refractivity contribution in [1.29, 1.82) is 5.26 Å². The molecule has 0 heterocycles. The number of rotatable bonds is 2. The molecule has 0 saturated heterocycles. The number of hydrogen-bond donors (Lipinski definition) is 1. The van der Waals surface area contributed by atoms with E-state index < -0.39 is 17.3 Å². The van der Waals surface area contributed by atoms with Gasteiger partial charge in [0, 0.05) is 12.3 Å². The van der Waals surface area contributed by atoms with Crippen molar-refractivity contribution in [2.75, 3.05) is 7.11 Å². The number of nitriles is 1. The lowest BCUT2D eigenvalue weighted by Crippen LogP contribution is -2.45. The lowest BCUT2D eigenvalue weighted by atomic mass is 9.58. The van der Waals surface area contributed by atoms with Crippen LogP contribution in [0.1, 0.15) is 25.8 Å². The van der Waals surface area contributed by atoms with Crippen molar-refractivity contribution in [3.05, 3.63) is 47.2 Å². The van der Waals surface area contributed by atoms with Gasteiger partial charge >= 0.3 is 5.97 Å². The molecule has 3 atom stereocenters. The zero-order valence-corrected chi connectivity index (χ0v) is 12.5. The number of allylic oxidation sites excluding steroid dienone is 1. The molecule has 21 heavy (non-hydrogen) atoms. The highest BCUT2D eigenvalue weighted by Crippen LogP contribution is 2.49. The van der Waals surface area contributed by atoms with Crippen LogP contribution in [0.15, 0.2) is 41.7 Å². The summed E-state index contributed by atoms with van der Waals surface area (Å²) in [5, 5.41) is 20.0. The Morgan fingerprint density at radius 2 is 2.00 bits per heavy atom. The van der Waals surface area contributed by atoms with E-state index in [0.29, 0.717) is 0 Å². The molecule has 0 unspecified atom stereocenters. The molecule has 0 radical (unpaired) electrons. The minimum atomic E-state index is -0.850. The van der Waals surface area contributed by atoms with Gasteiger partial charge in [0.2, 0.25) is 0 Å². The molecule has 4 nitrogen and oxygen atoms in total. The fraction of sp³-hybridized carbons (Fsp3) is 0.412. The average molecular weight is 285 g/mol. The Hall–Kier alpha value is -2.28. The summed E-state index contributed by atoms with van der Waals surface area (Å²) in [4.78, 5) is 12.0. The fourth-order valence-electron chi connectivity index (χ4n) is 3.39. The molecular weight excluding hydrogens is 266 g/mol. The van der Waals surface area contributed by atoms with E-state index in [9.17, 15) is 15.2 Å². The first-order chi connectivity index (χ1) is 9.98. The first kappa shape index (κ1) is 15.1. The van der Waals surface area contributed by atoms with Crippen LogP contribution < -0.4 is 0 Å². The average Bonchev–Trinajstić information content (AvgIpc) is 2.48.